The van der Waals surface area contributed by atoms with Gasteiger partial charge in [-0.25, -0.2) is 0 Å². The van der Waals surface area contributed by atoms with E-state index in [1.54, 1.807) is 0 Å². The van der Waals surface area contributed by atoms with Gasteiger partial charge in [0.1, 0.15) is 0 Å². The number of hydrogen-bond donors (Lipinski definition) is 0. The van der Waals surface area contributed by atoms with Crippen LogP contribution >= 0.6 is 7.91 Å². The standard InChI is InChI=1S/C8H20N.C2H3F4O3P/c1-5-9(6-2,7-3)8-4;3-2(4,5)1-9-10(6,7)8/h5-8H2,1-4H3;1H2,(H,7,8)/q+1;/p-1. The van der Waals surface area contributed by atoms with E-state index in [0.29, 0.717) is 0 Å². The van der Waals surface area contributed by atoms with E-state index < -0.39 is 20.7 Å². The Kier molecular flexibility index (Phi) is 9.89. The van der Waals surface area contributed by atoms with Crippen molar-refractivity contribution in [2.75, 3.05) is 32.8 Å². The van der Waals surface area contributed by atoms with Gasteiger partial charge in [0.15, 0.2) is 6.61 Å². The van der Waals surface area contributed by atoms with Crippen LogP contribution in [0.4, 0.5) is 17.4 Å². The van der Waals surface area contributed by atoms with Crippen LogP contribution in [-0.4, -0.2) is 43.4 Å². The molecule has 0 saturated heterocycles. The maximum atomic E-state index is 11.2. The first-order valence-electron chi connectivity index (χ1n) is 6.02. The minimum absolute atomic E-state index is 1.28. The van der Waals surface area contributed by atoms with Gasteiger partial charge in [0.25, 0.3) is 0 Å². The molecule has 0 radical (unpaired) electrons. The first kappa shape index (κ1) is 21.1. The van der Waals surface area contributed by atoms with Crippen LogP contribution in [-0.2, 0) is 9.09 Å². The molecule has 0 bridgehead atoms. The predicted molar refractivity (Wildman–Crippen MR) is 63.1 cm³/mol. The summed E-state index contributed by atoms with van der Waals surface area (Å²) >= 11 is 0. The Labute approximate surface area is 111 Å². The summed E-state index contributed by atoms with van der Waals surface area (Å²) in [5.74, 6) is 0. The minimum atomic E-state index is -5.73. The lowest BCUT2D eigenvalue weighted by molar-refractivity contribution is -0.921. The van der Waals surface area contributed by atoms with Crippen LogP contribution in [0.1, 0.15) is 27.7 Å². The summed E-state index contributed by atoms with van der Waals surface area (Å²) in [6.07, 6.45) is -4.83. The number of hydrogen-bond acceptors (Lipinski definition) is 3. The molecule has 9 heteroatoms. The maximum absolute atomic E-state index is 11.2. The number of rotatable bonds is 6. The first-order valence-corrected chi connectivity index (χ1v) is 7.45. The third-order valence-corrected chi connectivity index (χ3v) is 3.50. The molecule has 0 saturated carbocycles. The number of halogens is 4. The molecule has 0 amide bonds. The van der Waals surface area contributed by atoms with Gasteiger partial charge in [0.05, 0.1) is 26.2 Å². The van der Waals surface area contributed by atoms with Gasteiger partial charge in [-0.05, 0) is 27.7 Å². The Morgan fingerprint density at radius 2 is 1.37 bits per heavy atom. The highest BCUT2D eigenvalue weighted by Gasteiger charge is 2.29. The lowest BCUT2D eigenvalue weighted by atomic mass is 10.3. The van der Waals surface area contributed by atoms with Crippen molar-refractivity contribution in [3.8, 4) is 0 Å². The van der Waals surface area contributed by atoms with Crippen molar-refractivity contribution in [1.29, 1.82) is 0 Å². The lowest BCUT2D eigenvalue weighted by Gasteiger charge is -2.34. The second-order valence-corrected chi connectivity index (χ2v) is 5.05. The highest BCUT2D eigenvalue weighted by atomic mass is 31.2. The van der Waals surface area contributed by atoms with Crippen LogP contribution in [0, 0.1) is 0 Å². The van der Waals surface area contributed by atoms with E-state index in [0.717, 1.165) is 0 Å². The Morgan fingerprint density at radius 3 is 1.42 bits per heavy atom. The van der Waals surface area contributed by atoms with Crippen molar-refractivity contribution in [3.63, 3.8) is 0 Å². The van der Waals surface area contributed by atoms with E-state index in [9.17, 15) is 26.8 Å². The SMILES string of the molecule is CC[N+](CC)(CC)CC.O=P([O-])(F)OCC(F)(F)F. The van der Waals surface area contributed by atoms with Gasteiger partial charge in [-0.2, -0.15) is 17.4 Å². The summed E-state index contributed by atoms with van der Waals surface area (Å²) in [4.78, 5) is 9.32. The Hall–Kier alpha value is -0.170. The largest absolute Gasteiger partial charge is 0.753 e. The molecule has 118 valence electrons. The third kappa shape index (κ3) is 12.6. The van der Waals surface area contributed by atoms with E-state index in [1.165, 1.54) is 30.7 Å². The van der Waals surface area contributed by atoms with Gasteiger partial charge in [0.2, 0.25) is 0 Å². The fourth-order valence-corrected chi connectivity index (χ4v) is 1.79. The van der Waals surface area contributed by atoms with Gasteiger partial charge in [-0.1, -0.05) is 0 Å². The quantitative estimate of drug-likeness (QED) is 0.430. The first-order chi connectivity index (χ1) is 8.45. The average Bonchev–Trinajstić information content (AvgIpc) is 2.30. The smallest absolute Gasteiger partial charge is 0.412 e. The van der Waals surface area contributed by atoms with E-state index in [-0.39, 0.29) is 0 Å². The molecule has 4 nitrogen and oxygen atoms in total. The second kappa shape index (κ2) is 8.89. The van der Waals surface area contributed by atoms with Crippen molar-refractivity contribution in [2.24, 2.45) is 0 Å². The van der Waals surface area contributed by atoms with E-state index >= 15 is 0 Å². The Balaban J connectivity index is 0. The molecule has 0 fully saturated rings. The molecule has 0 aliphatic heterocycles. The molecule has 0 spiro atoms. The summed E-state index contributed by atoms with van der Waals surface area (Å²) in [5, 5.41) is 0. The summed E-state index contributed by atoms with van der Waals surface area (Å²) in [5.41, 5.74) is 0. The highest BCUT2D eigenvalue weighted by Crippen LogP contribution is 2.39. The summed E-state index contributed by atoms with van der Waals surface area (Å²) < 4.78 is 57.7. The van der Waals surface area contributed by atoms with Gasteiger partial charge >= 0.3 is 14.1 Å². The third-order valence-electron chi connectivity index (χ3n) is 3.07. The van der Waals surface area contributed by atoms with Crippen LogP contribution in [0.15, 0.2) is 0 Å². The molecule has 0 aromatic heterocycles. The van der Waals surface area contributed by atoms with Crippen LogP contribution < -0.4 is 4.89 Å². The fraction of sp³-hybridized carbons (Fsp3) is 1.00. The monoisotopic (exact) mass is 311 g/mol. The Bertz CT molecular complexity index is 259. The molecule has 0 aliphatic rings. The van der Waals surface area contributed by atoms with Crippen LogP contribution in [0.25, 0.3) is 0 Å². The predicted octanol–water partition coefficient (Wildman–Crippen LogP) is 2.89. The highest BCUT2D eigenvalue weighted by molar-refractivity contribution is 7.45. The maximum Gasteiger partial charge on any atom is 0.412 e. The average molecular weight is 311 g/mol. The van der Waals surface area contributed by atoms with E-state index in [1.807, 2.05) is 0 Å². The molecule has 1 unspecified atom stereocenters. The second-order valence-electron chi connectivity index (χ2n) is 3.93. The van der Waals surface area contributed by atoms with Crippen LogP contribution in [0.2, 0.25) is 0 Å². The molecular weight excluding hydrogens is 289 g/mol. The number of nitrogens with zero attached hydrogens (tertiary/aromatic N) is 1. The van der Waals surface area contributed by atoms with Gasteiger partial charge in [-0.15, -0.1) is 0 Å². The molecule has 0 rings (SSSR count). The minimum Gasteiger partial charge on any atom is -0.753 e. The van der Waals surface area contributed by atoms with E-state index in [4.69, 9.17) is 0 Å². The molecule has 0 N–H and O–H groups in total. The fourth-order valence-electron chi connectivity index (χ4n) is 1.49. The lowest BCUT2D eigenvalue weighted by Crippen LogP contribution is -2.47. The molecule has 19 heavy (non-hydrogen) atoms. The van der Waals surface area contributed by atoms with Crippen LogP contribution in [0.5, 0.6) is 0 Å². The topological polar surface area (TPSA) is 49.4 Å². The van der Waals surface area contributed by atoms with Crippen molar-refractivity contribution in [3.05, 3.63) is 0 Å². The number of quaternary nitrogens is 1. The van der Waals surface area contributed by atoms with E-state index in [2.05, 4.69) is 32.2 Å². The molecule has 1 atom stereocenters. The molecular formula is C10H22F4NO3P. The molecule has 0 aliphatic carbocycles. The molecule has 0 aromatic rings. The zero-order valence-electron chi connectivity index (χ0n) is 11.7. The molecule has 0 heterocycles. The zero-order chi connectivity index (χ0) is 15.7. The summed E-state index contributed by atoms with van der Waals surface area (Å²) in [7, 11) is -5.73. The summed E-state index contributed by atoms with van der Waals surface area (Å²) in [6, 6.07) is 0. The van der Waals surface area contributed by atoms with Crippen molar-refractivity contribution < 1.29 is 35.8 Å². The Morgan fingerprint density at radius 1 is 1.05 bits per heavy atom. The van der Waals surface area contributed by atoms with Crippen molar-refractivity contribution in [2.45, 2.75) is 33.9 Å². The van der Waals surface area contributed by atoms with Crippen LogP contribution in [0.3, 0.4) is 0 Å². The number of alkyl halides is 3. The van der Waals surface area contributed by atoms with Gasteiger partial charge in [-0.3, -0.25) is 4.57 Å². The van der Waals surface area contributed by atoms with Gasteiger partial charge < -0.3 is 13.9 Å². The molecule has 0 aromatic carbocycles. The van der Waals surface area contributed by atoms with Crippen molar-refractivity contribution in [1.82, 2.24) is 0 Å². The normalized spacial score (nSPS) is 15.4. The van der Waals surface area contributed by atoms with Gasteiger partial charge in [0, 0.05) is 0 Å². The van der Waals surface area contributed by atoms with Crippen molar-refractivity contribution >= 4 is 7.91 Å². The summed E-state index contributed by atoms with van der Waals surface area (Å²) in [6.45, 7) is 12.1. The zero-order valence-corrected chi connectivity index (χ0v) is 12.6.